The van der Waals surface area contributed by atoms with Crippen LogP contribution in [0.25, 0.3) is 11.0 Å². The molecule has 0 unspecified atom stereocenters. The second-order valence-corrected chi connectivity index (χ2v) is 9.03. The average molecular weight is 458 g/mol. The fraction of sp³-hybridized carbons (Fsp3) is 0.286. The van der Waals surface area contributed by atoms with Gasteiger partial charge in [-0.2, -0.15) is 0 Å². The second-order valence-electron chi connectivity index (χ2n) is 9.03. The van der Waals surface area contributed by atoms with Gasteiger partial charge in [0.15, 0.2) is 0 Å². The van der Waals surface area contributed by atoms with Crippen LogP contribution in [0.5, 0.6) is 5.75 Å². The molecule has 1 aromatic heterocycles. The van der Waals surface area contributed by atoms with Gasteiger partial charge in [0.05, 0.1) is 17.6 Å². The number of rotatable bonds is 7. The number of aromatic nitrogens is 2. The van der Waals surface area contributed by atoms with Crippen LogP contribution in [-0.2, 0) is 17.9 Å². The van der Waals surface area contributed by atoms with E-state index >= 15 is 0 Å². The van der Waals surface area contributed by atoms with Crippen LogP contribution in [0.15, 0.2) is 66.7 Å². The first-order valence-corrected chi connectivity index (χ1v) is 11.7. The predicted molar refractivity (Wildman–Crippen MR) is 130 cm³/mol. The molecule has 5 rings (SSSR count). The number of ether oxygens (including phenoxy) is 1. The van der Waals surface area contributed by atoms with Crippen LogP contribution < -0.4 is 4.74 Å². The molecular formula is C28H28FN3O2. The Balaban J connectivity index is 1.36. The van der Waals surface area contributed by atoms with Crippen LogP contribution in [0, 0.1) is 19.7 Å². The van der Waals surface area contributed by atoms with Gasteiger partial charge in [0.2, 0.25) is 5.91 Å². The zero-order chi connectivity index (χ0) is 23.7. The molecule has 1 amide bonds. The minimum Gasteiger partial charge on any atom is -0.491 e. The topological polar surface area (TPSA) is 47.4 Å². The lowest BCUT2D eigenvalue weighted by atomic mass is 10.1. The highest BCUT2D eigenvalue weighted by molar-refractivity contribution is 5.81. The largest absolute Gasteiger partial charge is 0.491 e. The van der Waals surface area contributed by atoms with Gasteiger partial charge >= 0.3 is 0 Å². The molecule has 2 heterocycles. The van der Waals surface area contributed by atoms with Crippen molar-refractivity contribution in [3.8, 4) is 5.75 Å². The van der Waals surface area contributed by atoms with Gasteiger partial charge in [0, 0.05) is 25.4 Å². The summed E-state index contributed by atoms with van der Waals surface area (Å²) in [5, 5.41) is 0. The minimum absolute atomic E-state index is 0.000976. The zero-order valence-corrected chi connectivity index (χ0v) is 19.5. The van der Waals surface area contributed by atoms with Gasteiger partial charge in [0.1, 0.15) is 24.0 Å². The first kappa shape index (κ1) is 22.1. The normalized spacial score (nSPS) is 15.9. The van der Waals surface area contributed by atoms with Gasteiger partial charge < -0.3 is 14.2 Å². The first-order chi connectivity index (χ1) is 16.5. The number of hydrogen-bond acceptors (Lipinski definition) is 3. The maximum atomic E-state index is 13.3. The summed E-state index contributed by atoms with van der Waals surface area (Å²) in [7, 11) is 0. The molecule has 174 valence electrons. The van der Waals surface area contributed by atoms with E-state index in [1.807, 2.05) is 30.0 Å². The summed E-state index contributed by atoms with van der Waals surface area (Å²) in [6, 6.07) is 20.6. The number of halogens is 1. The fourth-order valence-corrected chi connectivity index (χ4v) is 4.66. The SMILES string of the molecule is Cc1ccc(C)c(OCCn2c([C@H]3CC(=O)N(Cc4ccc(F)cc4)C3)nc3ccccc32)c1. The molecular weight excluding hydrogens is 429 g/mol. The Morgan fingerprint density at radius 1 is 1.06 bits per heavy atom. The van der Waals surface area contributed by atoms with Crippen molar-refractivity contribution in [1.29, 1.82) is 0 Å². The highest BCUT2D eigenvalue weighted by atomic mass is 19.1. The van der Waals surface area contributed by atoms with Crippen molar-refractivity contribution in [3.05, 3.63) is 95.1 Å². The summed E-state index contributed by atoms with van der Waals surface area (Å²) in [5.74, 6) is 1.64. The maximum Gasteiger partial charge on any atom is 0.223 e. The highest BCUT2D eigenvalue weighted by Gasteiger charge is 2.34. The summed E-state index contributed by atoms with van der Waals surface area (Å²) in [6.45, 7) is 6.34. The van der Waals surface area contributed by atoms with Gasteiger partial charge in [-0.1, -0.05) is 36.4 Å². The Kier molecular flexibility index (Phi) is 6.05. The van der Waals surface area contributed by atoms with E-state index in [4.69, 9.17) is 9.72 Å². The lowest BCUT2D eigenvalue weighted by Gasteiger charge is -2.18. The van der Waals surface area contributed by atoms with Gasteiger partial charge in [-0.25, -0.2) is 9.37 Å². The number of amides is 1. The maximum absolute atomic E-state index is 13.3. The summed E-state index contributed by atoms with van der Waals surface area (Å²) in [6.07, 6.45) is 0.419. The molecule has 1 aliphatic rings. The van der Waals surface area contributed by atoms with Crippen molar-refractivity contribution in [1.82, 2.24) is 14.5 Å². The van der Waals surface area contributed by atoms with E-state index in [2.05, 4.69) is 35.8 Å². The molecule has 3 aromatic carbocycles. The van der Waals surface area contributed by atoms with Crippen molar-refractivity contribution < 1.29 is 13.9 Å². The fourth-order valence-electron chi connectivity index (χ4n) is 4.66. The van der Waals surface area contributed by atoms with Gasteiger partial charge in [-0.3, -0.25) is 4.79 Å². The smallest absolute Gasteiger partial charge is 0.223 e. The van der Waals surface area contributed by atoms with E-state index in [-0.39, 0.29) is 17.6 Å². The number of carbonyl (C=O) groups excluding carboxylic acids is 1. The number of aryl methyl sites for hydroxylation is 2. The minimum atomic E-state index is -0.272. The van der Waals surface area contributed by atoms with E-state index in [0.717, 1.165) is 33.7 Å². The monoisotopic (exact) mass is 457 g/mol. The van der Waals surface area contributed by atoms with Gasteiger partial charge in [-0.05, 0) is 60.9 Å². The second kappa shape index (κ2) is 9.29. The summed E-state index contributed by atoms with van der Waals surface area (Å²) < 4.78 is 21.6. The number of fused-ring (bicyclic) bond motifs is 1. The molecule has 0 radical (unpaired) electrons. The van der Waals surface area contributed by atoms with Gasteiger partial charge in [-0.15, -0.1) is 0 Å². The van der Waals surface area contributed by atoms with Crippen molar-refractivity contribution in [2.45, 2.75) is 39.3 Å². The lowest BCUT2D eigenvalue weighted by Crippen LogP contribution is -2.24. The molecule has 1 fully saturated rings. The molecule has 0 spiro atoms. The molecule has 5 nitrogen and oxygen atoms in total. The van der Waals surface area contributed by atoms with Crippen LogP contribution in [0.3, 0.4) is 0 Å². The standard InChI is InChI=1S/C28H28FN3O2/c1-19-7-8-20(2)26(15-19)34-14-13-32-25-6-4-3-5-24(25)30-28(32)22-16-27(33)31(18-22)17-21-9-11-23(29)12-10-21/h3-12,15,22H,13-14,16-18H2,1-2H3/t22-/m0/s1. The number of nitrogens with zero attached hydrogens (tertiary/aromatic N) is 3. The number of imidazole rings is 1. The number of carbonyl (C=O) groups is 1. The van der Waals surface area contributed by atoms with E-state index < -0.39 is 0 Å². The molecule has 0 aliphatic carbocycles. The summed E-state index contributed by atoms with van der Waals surface area (Å²) >= 11 is 0. The third-order valence-corrected chi connectivity index (χ3v) is 6.47. The first-order valence-electron chi connectivity index (χ1n) is 11.7. The Morgan fingerprint density at radius 2 is 1.85 bits per heavy atom. The Morgan fingerprint density at radius 3 is 2.68 bits per heavy atom. The van der Waals surface area contributed by atoms with Crippen LogP contribution in [0.2, 0.25) is 0 Å². The third-order valence-electron chi connectivity index (χ3n) is 6.47. The Hall–Kier alpha value is -3.67. The van der Waals surface area contributed by atoms with E-state index in [1.54, 1.807) is 12.1 Å². The number of benzene rings is 3. The van der Waals surface area contributed by atoms with Crippen LogP contribution in [-0.4, -0.2) is 33.5 Å². The van der Waals surface area contributed by atoms with Crippen molar-refractivity contribution in [2.24, 2.45) is 0 Å². The molecule has 0 bridgehead atoms. The summed E-state index contributed by atoms with van der Waals surface area (Å²) in [4.78, 5) is 19.6. The molecule has 1 aliphatic heterocycles. The summed E-state index contributed by atoms with van der Waals surface area (Å²) in [5.41, 5.74) is 5.17. The Bertz CT molecular complexity index is 1330. The average Bonchev–Trinajstić information content (AvgIpc) is 3.38. The molecule has 4 aromatic rings. The molecule has 1 saturated heterocycles. The zero-order valence-electron chi connectivity index (χ0n) is 19.5. The van der Waals surface area contributed by atoms with E-state index in [0.29, 0.717) is 32.7 Å². The Labute approximate surface area is 198 Å². The molecule has 6 heteroatoms. The molecule has 0 N–H and O–H groups in total. The molecule has 34 heavy (non-hydrogen) atoms. The van der Waals surface area contributed by atoms with Gasteiger partial charge in [0.25, 0.3) is 0 Å². The number of likely N-dealkylation sites (tertiary alicyclic amines) is 1. The van der Waals surface area contributed by atoms with E-state index in [1.165, 1.54) is 17.7 Å². The van der Waals surface area contributed by atoms with Crippen LogP contribution in [0.4, 0.5) is 4.39 Å². The predicted octanol–water partition coefficient (Wildman–Crippen LogP) is 5.39. The van der Waals surface area contributed by atoms with Crippen molar-refractivity contribution in [2.75, 3.05) is 13.2 Å². The highest BCUT2D eigenvalue weighted by Crippen LogP contribution is 2.31. The van der Waals surface area contributed by atoms with E-state index in [9.17, 15) is 9.18 Å². The number of hydrogen-bond donors (Lipinski definition) is 0. The number of para-hydroxylation sites is 2. The third kappa shape index (κ3) is 4.53. The lowest BCUT2D eigenvalue weighted by molar-refractivity contribution is -0.128. The quantitative estimate of drug-likeness (QED) is 0.374. The van der Waals surface area contributed by atoms with Crippen LogP contribution >= 0.6 is 0 Å². The van der Waals surface area contributed by atoms with Crippen LogP contribution in [0.1, 0.15) is 34.9 Å². The molecule has 0 saturated carbocycles. The van der Waals surface area contributed by atoms with Crippen molar-refractivity contribution >= 4 is 16.9 Å². The van der Waals surface area contributed by atoms with Crippen molar-refractivity contribution in [3.63, 3.8) is 0 Å². The molecule has 1 atom stereocenters.